The Hall–Kier alpha value is -1.55. The Morgan fingerprint density at radius 1 is 1.47 bits per heavy atom. The number of para-hydroxylation sites is 1. The van der Waals surface area contributed by atoms with Crippen LogP contribution in [-0.4, -0.2) is 31.3 Å². The molecule has 1 spiro atoms. The maximum absolute atomic E-state index is 12.2. The molecule has 1 amide bonds. The number of carbonyl (C=O) groups excluding carboxylic acids is 1. The van der Waals surface area contributed by atoms with E-state index >= 15 is 0 Å². The van der Waals surface area contributed by atoms with Gasteiger partial charge in [-0.1, -0.05) is 25.1 Å². The van der Waals surface area contributed by atoms with Crippen molar-refractivity contribution in [2.45, 2.75) is 32.3 Å². The number of carbonyl (C=O) groups is 1. The molecule has 0 radical (unpaired) electrons. The largest absolute Gasteiger partial charge is 0.439 e. The Kier molecular flexibility index (Phi) is 2.97. The molecule has 2 heterocycles. The van der Waals surface area contributed by atoms with Crippen molar-refractivity contribution in [3.05, 3.63) is 29.3 Å². The maximum Gasteiger partial charge on any atom is 0.415 e. The summed E-state index contributed by atoms with van der Waals surface area (Å²) in [6.07, 6.45) is 1.63. The van der Waals surface area contributed by atoms with E-state index in [2.05, 4.69) is 31.3 Å². The number of benzene rings is 1. The van der Waals surface area contributed by atoms with Crippen molar-refractivity contribution < 1.29 is 9.53 Å². The van der Waals surface area contributed by atoms with Gasteiger partial charge in [-0.3, -0.25) is 4.90 Å². The molecular weight excluding hydrogens is 240 g/mol. The van der Waals surface area contributed by atoms with Gasteiger partial charge < -0.3 is 10.1 Å². The molecule has 0 bridgehead atoms. The third kappa shape index (κ3) is 2.00. The second-order valence-corrected chi connectivity index (χ2v) is 5.50. The van der Waals surface area contributed by atoms with E-state index in [0.717, 1.165) is 37.2 Å². The fourth-order valence-corrected chi connectivity index (χ4v) is 3.13. The van der Waals surface area contributed by atoms with Crippen LogP contribution in [0.1, 0.15) is 24.5 Å². The molecule has 0 saturated carbocycles. The minimum atomic E-state index is -0.315. The van der Waals surface area contributed by atoms with E-state index < -0.39 is 0 Å². The lowest BCUT2D eigenvalue weighted by Gasteiger charge is -2.22. The number of hydrogen-bond donors (Lipinski definition) is 1. The molecule has 4 nitrogen and oxygen atoms in total. The first-order valence-corrected chi connectivity index (χ1v) is 6.95. The van der Waals surface area contributed by atoms with Crippen LogP contribution in [0.15, 0.2) is 18.2 Å². The van der Waals surface area contributed by atoms with Crippen molar-refractivity contribution in [2.24, 2.45) is 0 Å². The van der Waals surface area contributed by atoms with Crippen LogP contribution in [0.5, 0.6) is 0 Å². The number of rotatable bonds is 2. The molecule has 2 saturated heterocycles. The van der Waals surface area contributed by atoms with Crippen LogP contribution >= 0.6 is 0 Å². The average molecular weight is 260 g/mol. The smallest absolute Gasteiger partial charge is 0.415 e. The number of anilines is 1. The van der Waals surface area contributed by atoms with Crippen LogP contribution < -0.4 is 10.2 Å². The van der Waals surface area contributed by atoms with E-state index in [9.17, 15) is 4.79 Å². The van der Waals surface area contributed by atoms with Crippen LogP contribution in [0.4, 0.5) is 10.5 Å². The van der Waals surface area contributed by atoms with E-state index in [1.54, 1.807) is 0 Å². The maximum atomic E-state index is 12.2. The second-order valence-electron chi connectivity index (χ2n) is 5.50. The number of aryl methyl sites for hydroxylation is 2. The zero-order valence-corrected chi connectivity index (χ0v) is 11.5. The molecule has 1 aromatic carbocycles. The van der Waals surface area contributed by atoms with Gasteiger partial charge in [-0.05, 0) is 31.0 Å². The minimum absolute atomic E-state index is 0.201. The number of hydrogen-bond acceptors (Lipinski definition) is 3. The second kappa shape index (κ2) is 4.53. The minimum Gasteiger partial charge on any atom is -0.439 e. The quantitative estimate of drug-likeness (QED) is 0.886. The van der Waals surface area contributed by atoms with Crippen molar-refractivity contribution in [3.63, 3.8) is 0 Å². The van der Waals surface area contributed by atoms with Crippen molar-refractivity contribution in [1.82, 2.24) is 5.32 Å². The summed E-state index contributed by atoms with van der Waals surface area (Å²) < 4.78 is 5.66. The third-order valence-corrected chi connectivity index (χ3v) is 4.15. The number of ether oxygens (including phenoxy) is 1. The summed E-state index contributed by atoms with van der Waals surface area (Å²) in [5.74, 6) is 0. The highest BCUT2D eigenvalue weighted by Crippen LogP contribution is 2.35. The van der Waals surface area contributed by atoms with Gasteiger partial charge in [0, 0.05) is 13.0 Å². The lowest BCUT2D eigenvalue weighted by molar-refractivity contribution is 0.0733. The standard InChI is InChI=1S/C15H20N2O2/c1-3-12-6-4-5-11(2)13(12)17-10-15(19-14(17)18)7-8-16-9-15/h4-6,16H,3,7-10H2,1-2H3. The van der Waals surface area contributed by atoms with Gasteiger partial charge in [-0.15, -0.1) is 0 Å². The van der Waals surface area contributed by atoms with Gasteiger partial charge in [0.05, 0.1) is 12.2 Å². The van der Waals surface area contributed by atoms with E-state index in [1.165, 1.54) is 5.56 Å². The molecule has 0 aliphatic carbocycles. The average Bonchev–Trinajstić information content (AvgIpc) is 2.97. The summed E-state index contributed by atoms with van der Waals surface area (Å²) in [5.41, 5.74) is 3.07. The first-order valence-electron chi connectivity index (χ1n) is 6.95. The molecule has 4 heteroatoms. The SMILES string of the molecule is CCc1cccc(C)c1N1CC2(CCNC2)OC1=O. The highest BCUT2D eigenvalue weighted by atomic mass is 16.6. The molecule has 2 fully saturated rings. The highest BCUT2D eigenvalue weighted by Gasteiger charge is 2.48. The predicted octanol–water partition coefficient (Wildman–Crippen LogP) is 2.25. The molecule has 2 aliphatic heterocycles. The lowest BCUT2D eigenvalue weighted by Crippen LogP contribution is -2.37. The molecule has 102 valence electrons. The van der Waals surface area contributed by atoms with E-state index in [1.807, 2.05) is 11.0 Å². The van der Waals surface area contributed by atoms with Gasteiger partial charge in [-0.2, -0.15) is 0 Å². The fraction of sp³-hybridized carbons (Fsp3) is 0.533. The Balaban J connectivity index is 1.97. The molecule has 1 N–H and O–H groups in total. The molecule has 19 heavy (non-hydrogen) atoms. The summed E-state index contributed by atoms with van der Waals surface area (Å²) in [6.45, 7) is 6.53. The zero-order chi connectivity index (χ0) is 13.5. The zero-order valence-electron chi connectivity index (χ0n) is 11.5. The van der Waals surface area contributed by atoms with Crippen LogP contribution in [0.25, 0.3) is 0 Å². The molecule has 1 aromatic rings. The molecule has 0 aromatic heterocycles. The Morgan fingerprint density at radius 3 is 3.00 bits per heavy atom. The van der Waals surface area contributed by atoms with Crippen LogP contribution in [0.2, 0.25) is 0 Å². The molecule has 1 atom stereocenters. The van der Waals surface area contributed by atoms with Crippen LogP contribution in [0, 0.1) is 6.92 Å². The number of nitrogens with zero attached hydrogens (tertiary/aromatic N) is 1. The molecule has 2 aliphatic rings. The van der Waals surface area contributed by atoms with E-state index in [4.69, 9.17) is 4.74 Å². The van der Waals surface area contributed by atoms with Gasteiger partial charge in [0.2, 0.25) is 0 Å². The molecule has 3 rings (SSSR count). The van der Waals surface area contributed by atoms with Crippen LogP contribution in [-0.2, 0) is 11.2 Å². The van der Waals surface area contributed by atoms with Gasteiger partial charge >= 0.3 is 6.09 Å². The van der Waals surface area contributed by atoms with Crippen molar-refractivity contribution >= 4 is 11.8 Å². The van der Waals surface area contributed by atoms with Crippen molar-refractivity contribution in [1.29, 1.82) is 0 Å². The van der Waals surface area contributed by atoms with Crippen molar-refractivity contribution in [3.8, 4) is 0 Å². The van der Waals surface area contributed by atoms with Gasteiger partial charge in [0.25, 0.3) is 0 Å². The Bertz CT molecular complexity index is 507. The lowest BCUT2D eigenvalue weighted by atomic mass is 10.0. The van der Waals surface area contributed by atoms with Crippen LogP contribution in [0.3, 0.4) is 0 Å². The third-order valence-electron chi connectivity index (χ3n) is 4.15. The van der Waals surface area contributed by atoms with E-state index in [-0.39, 0.29) is 11.7 Å². The number of nitrogens with one attached hydrogen (secondary N) is 1. The summed E-state index contributed by atoms with van der Waals surface area (Å²) in [7, 11) is 0. The molecular formula is C15H20N2O2. The van der Waals surface area contributed by atoms with Gasteiger partial charge in [0.1, 0.15) is 5.60 Å². The monoisotopic (exact) mass is 260 g/mol. The summed E-state index contributed by atoms with van der Waals surface area (Å²) in [4.78, 5) is 14.1. The number of amides is 1. The summed E-state index contributed by atoms with van der Waals surface area (Å²) in [5, 5.41) is 3.29. The predicted molar refractivity (Wildman–Crippen MR) is 74.6 cm³/mol. The van der Waals surface area contributed by atoms with Gasteiger partial charge in [0.15, 0.2) is 0 Å². The fourth-order valence-electron chi connectivity index (χ4n) is 3.13. The highest BCUT2D eigenvalue weighted by molar-refractivity contribution is 5.92. The Labute approximate surface area is 113 Å². The topological polar surface area (TPSA) is 41.6 Å². The summed E-state index contributed by atoms with van der Waals surface area (Å²) >= 11 is 0. The first-order chi connectivity index (χ1) is 9.15. The summed E-state index contributed by atoms with van der Waals surface area (Å²) in [6, 6.07) is 6.19. The Morgan fingerprint density at radius 2 is 2.32 bits per heavy atom. The van der Waals surface area contributed by atoms with E-state index in [0.29, 0.717) is 6.54 Å². The van der Waals surface area contributed by atoms with Crippen molar-refractivity contribution in [2.75, 3.05) is 24.5 Å². The van der Waals surface area contributed by atoms with Gasteiger partial charge in [-0.25, -0.2) is 4.79 Å². The normalized spacial score (nSPS) is 26.2. The first kappa shape index (κ1) is 12.5. The molecule has 1 unspecified atom stereocenters.